The van der Waals surface area contributed by atoms with Gasteiger partial charge in [0.25, 0.3) is 0 Å². The Hall–Kier alpha value is -2.44. The van der Waals surface area contributed by atoms with Crippen LogP contribution in [0.2, 0.25) is 0 Å². The van der Waals surface area contributed by atoms with E-state index in [1.165, 1.54) is 44.8 Å². The molecule has 0 radical (unpaired) electrons. The number of allylic oxidation sites excluding steroid dienone is 2. The molecule has 0 saturated heterocycles. The van der Waals surface area contributed by atoms with Crippen LogP contribution in [0.15, 0.2) is 36.4 Å². The Bertz CT molecular complexity index is 954. The summed E-state index contributed by atoms with van der Waals surface area (Å²) in [6, 6.07) is 11.3. The van der Waals surface area contributed by atoms with Crippen LogP contribution >= 0.6 is 0 Å². The van der Waals surface area contributed by atoms with Gasteiger partial charge in [-0.3, -0.25) is 0 Å². The summed E-state index contributed by atoms with van der Waals surface area (Å²) in [5, 5.41) is 0. The highest BCUT2D eigenvalue weighted by molar-refractivity contribution is 5.95. The van der Waals surface area contributed by atoms with Gasteiger partial charge < -0.3 is 9.80 Å². The Balaban J connectivity index is 0.000000403. The third-order valence-corrected chi connectivity index (χ3v) is 4.78. The van der Waals surface area contributed by atoms with E-state index in [0.29, 0.717) is 0 Å². The van der Waals surface area contributed by atoms with Crippen molar-refractivity contribution in [3.8, 4) is 0 Å². The van der Waals surface area contributed by atoms with E-state index in [2.05, 4.69) is 86.6 Å². The number of halogens is 1. The molecule has 0 atom stereocenters. The van der Waals surface area contributed by atoms with Gasteiger partial charge >= 0.3 is 0 Å². The number of anilines is 2. The number of fused-ring (bicyclic) bond motifs is 2. The van der Waals surface area contributed by atoms with Gasteiger partial charge in [0, 0.05) is 69.6 Å². The number of nitrogens with zero attached hydrogens (tertiary/aromatic N) is 2. The van der Waals surface area contributed by atoms with Crippen molar-refractivity contribution in [3.05, 3.63) is 70.3 Å². The molecule has 0 aliphatic heterocycles. The molecular weight excluding hydrogens is 380 g/mol. The third-order valence-electron chi connectivity index (χ3n) is 4.78. The maximum Gasteiger partial charge on any atom is 0.163 e. The Labute approximate surface area is 167 Å². The summed E-state index contributed by atoms with van der Waals surface area (Å²) in [4.78, 5) is 4.35. The highest BCUT2D eigenvalue weighted by Crippen LogP contribution is 2.43. The highest BCUT2D eigenvalue weighted by atomic mass is 35.7. The van der Waals surface area contributed by atoms with Crippen molar-refractivity contribution in [2.45, 2.75) is 6.42 Å². The topological polar surface area (TPSA) is 98.7 Å². The smallest absolute Gasteiger partial charge is 0.163 e. The maximum atomic E-state index is 8.49. The van der Waals surface area contributed by atoms with Crippen molar-refractivity contribution in [1.29, 1.82) is 0 Å². The molecule has 0 saturated carbocycles. The Morgan fingerprint density at radius 3 is 2.14 bits per heavy atom. The number of hydrogen-bond donors (Lipinski definition) is 0. The van der Waals surface area contributed by atoms with Gasteiger partial charge in [-0.2, -0.15) is 0 Å². The minimum absolute atomic E-state index is 0.998. The average molecular weight is 401 g/mol. The van der Waals surface area contributed by atoms with E-state index < -0.39 is 10.2 Å². The molecule has 6 nitrogen and oxygen atoms in total. The molecule has 146 valence electrons. The normalized spacial score (nSPS) is 13.4. The van der Waals surface area contributed by atoms with Crippen molar-refractivity contribution in [1.82, 2.24) is 0 Å². The molecule has 2 aromatic carbocycles. The summed E-state index contributed by atoms with van der Waals surface area (Å²) in [6.07, 6.45) is 8.76. The molecule has 0 spiro atoms. The molecule has 0 fully saturated rings. The molecule has 0 aromatic heterocycles. The van der Waals surface area contributed by atoms with Crippen molar-refractivity contribution in [2.24, 2.45) is 0 Å². The Morgan fingerprint density at radius 1 is 0.893 bits per heavy atom. The van der Waals surface area contributed by atoms with Gasteiger partial charge in [0.2, 0.25) is 0 Å². The summed E-state index contributed by atoms with van der Waals surface area (Å²) in [7, 11) is 3.45. The summed E-state index contributed by atoms with van der Waals surface area (Å²) >= 11 is 0. The molecule has 0 unspecified atom stereocenters. The molecule has 0 heterocycles. The second-order valence-electron chi connectivity index (χ2n) is 7.07. The zero-order valence-electron chi connectivity index (χ0n) is 16.2. The minimum atomic E-state index is -4.94. The zero-order chi connectivity index (χ0) is 20.6. The van der Waals surface area contributed by atoms with Crippen LogP contribution < -0.4 is 28.4 Å². The molecule has 2 aromatic rings. The SMILES string of the molecule is CN(C)c1ccc2c(c1)C1=[C+]C=Cc3c(N(C)C)ccc(c31)C2.[O-][Cl+3]([O-])([O-])[O-]. The van der Waals surface area contributed by atoms with Crippen molar-refractivity contribution in [2.75, 3.05) is 38.0 Å². The maximum absolute atomic E-state index is 8.49. The first kappa shape index (κ1) is 20.3. The van der Waals surface area contributed by atoms with Crippen LogP contribution in [0.25, 0.3) is 11.6 Å². The van der Waals surface area contributed by atoms with Crippen LogP contribution in [0.1, 0.15) is 27.8 Å². The summed E-state index contributed by atoms with van der Waals surface area (Å²) in [6.45, 7) is 0. The number of rotatable bonds is 2. The van der Waals surface area contributed by atoms with Gasteiger partial charge in [0.15, 0.2) is 5.57 Å². The monoisotopic (exact) mass is 400 g/mol. The molecule has 4 rings (SSSR count). The fourth-order valence-corrected chi connectivity index (χ4v) is 3.58. The van der Waals surface area contributed by atoms with Crippen molar-refractivity contribution >= 4 is 23.0 Å². The molecule has 2 aliphatic carbocycles. The minimum Gasteiger partial charge on any atom is -0.377 e. The lowest BCUT2D eigenvalue weighted by molar-refractivity contribution is -2.00. The summed E-state index contributed by atoms with van der Waals surface area (Å²) in [5.41, 5.74) is 10.6. The molecule has 2 aliphatic rings. The van der Waals surface area contributed by atoms with E-state index in [-0.39, 0.29) is 0 Å². The lowest BCUT2D eigenvalue weighted by Gasteiger charge is -2.24. The van der Waals surface area contributed by atoms with Gasteiger partial charge in [0.1, 0.15) is 0 Å². The van der Waals surface area contributed by atoms with Crippen molar-refractivity contribution < 1.29 is 28.9 Å². The lowest BCUT2D eigenvalue weighted by atomic mass is 9.77. The van der Waals surface area contributed by atoms with Crippen LogP contribution in [-0.4, -0.2) is 28.2 Å². The molecule has 28 heavy (non-hydrogen) atoms. The van der Waals surface area contributed by atoms with Crippen LogP contribution in [-0.2, 0) is 6.42 Å². The largest absolute Gasteiger partial charge is 0.377 e. The second-order valence-corrected chi connectivity index (χ2v) is 7.83. The van der Waals surface area contributed by atoms with Gasteiger partial charge in [-0.05, 0) is 24.3 Å². The predicted molar refractivity (Wildman–Crippen MR) is 99.1 cm³/mol. The van der Waals surface area contributed by atoms with Crippen LogP contribution in [0.4, 0.5) is 11.4 Å². The number of benzene rings is 2. The second kappa shape index (κ2) is 7.53. The zero-order valence-corrected chi connectivity index (χ0v) is 16.9. The molecule has 0 amide bonds. The lowest BCUT2D eigenvalue weighted by Crippen LogP contribution is -2.68. The quantitative estimate of drug-likeness (QED) is 0.524. The standard InChI is InChI=1S/C21H21N2.ClHO4/c1-22(2)16-10-8-14-12-15-9-11-20(23(3)4)18-7-5-6-17(21(15)18)19(14)13-16;2-1(3,4)5/h5,7-11,13H,12H2,1-4H3;(H,2,3,4,5)/q+1;/p-1. The summed E-state index contributed by atoms with van der Waals surface area (Å²) < 4.78 is 34.0. The average Bonchev–Trinajstić information content (AvgIpc) is 2.60. The van der Waals surface area contributed by atoms with Gasteiger partial charge in [-0.15, -0.1) is 10.2 Å². The van der Waals surface area contributed by atoms with E-state index in [1.807, 2.05) is 0 Å². The van der Waals surface area contributed by atoms with E-state index in [9.17, 15) is 0 Å². The van der Waals surface area contributed by atoms with Gasteiger partial charge in [-0.1, -0.05) is 0 Å². The molecular formula is C21H21ClN2O4. The highest BCUT2D eigenvalue weighted by Gasteiger charge is 2.33. The molecule has 7 heteroatoms. The summed E-state index contributed by atoms with van der Waals surface area (Å²) in [5.74, 6) is 0. The fourth-order valence-electron chi connectivity index (χ4n) is 3.58. The van der Waals surface area contributed by atoms with E-state index >= 15 is 0 Å². The van der Waals surface area contributed by atoms with Crippen LogP contribution in [0, 0.1) is 16.3 Å². The van der Waals surface area contributed by atoms with Gasteiger partial charge in [0.05, 0.1) is 28.5 Å². The van der Waals surface area contributed by atoms with Crippen molar-refractivity contribution in [3.63, 3.8) is 0 Å². The molecule has 0 bridgehead atoms. The number of hydrogen-bond acceptors (Lipinski definition) is 6. The van der Waals surface area contributed by atoms with E-state index in [1.54, 1.807) is 0 Å². The van der Waals surface area contributed by atoms with E-state index in [0.717, 1.165) is 6.42 Å². The first-order valence-electron chi connectivity index (χ1n) is 8.62. The molecule has 0 N–H and O–H groups in total. The van der Waals surface area contributed by atoms with Crippen LogP contribution in [0.3, 0.4) is 0 Å². The first-order valence-corrected chi connectivity index (χ1v) is 9.85. The van der Waals surface area contributed by atoms with E-state index in [4.69, 9.17) is 18.6 Å². The fraction of sp³-hybridized carbons (Fsp3) is 0.238. The Morgan fingerprint density at radius 2 is 1.54 bits per heavy atom. The third kappa shape index (κ3) is 4.18. The van der Waals surface area contributed by atoms with Gasteiger partial charge in [-0.25, -0.2) is 18.6 Å². The first-order chi connectivity index (χ1) is 13.1. The van der Waals surface area contributed by atoms with Crippen LogP contribution in [0.5, 0.6) is 0 Å². The Kier molecular flexibility index (Phi) is 5.46. The predicted octanol–water partition coefficient (Wildman–Crippen LogP) is -0.772.